The highest BCUT2D eigenvalue weighted by atomic mass is 16.5. The standard InChI is InChI=1S/C24H27N3O4/c1-3-30-18-9-10-20-19(13-18)22(23(25-20)24(29)31-4-2)26-21(28)15-27-12-11-16-7-5-6-8-17(16)14-27/h5-10,13,25H,3-4,11-12,14-15H2,1-2H3,(H,26,28)/p+1. The largest absolute Gasteiger partial charge is 0.494 e. The zero-order valence-corrected chi connectivity index (χ0v) is 17.9. The number of hydrogen-bond donors (Lipinski definition) is 3. The Balaban J connectivity index is 1.57. The fourth-order valence-electron chi connectivity index (χ4n) is 4.12. The van der Waals surface area contributed by atoms with Gasteiger partial charge in [-0.1, -0.05) is 24.3 Å². The summed E-state index contributed by atoms with van der Waals surface area (Å²) in [5, 5.41) is 3.69. The third kappa shape index (κ3) is 4.56. The summed E-state index contributed by atoms with van der Waals surface area (Å²) in [5.74, 6) is 0.0482. The fraction of sp³-hybridized carbons (Fsp3) is 0.333. The minimum atomic E-state index is -0.494. The quantitative estimate of drug-likeness (QED) is 0.510. The lowest BCUT2D eigenvalue weighted by atomic mass is 10.00. The molecule has 1 aromatic heterocycles. The predicted molar refractivity (Wildman–Crippen MR) is 119 cm³/mol. The maximum atomic E-state index is 12.9. The van der Waals surface area contributed by atoms with Crippen LogP contribution in [0, 0.1) is 0 Å². The average molecular weight is 423 g/mol. The van der Waals surface area contributed by atoms with Crippen LogP contribution in [0.4, 0.5) is 5.69 Å². The summed E-state index contributed by atoms with van der Waals surface area (Å²) < 4.78 is 10.8. The highest BCUT2D eigenvalue weighted by Gasteiger charge is 2.25. The first-order chi connectivity index (χ1) is 15.1. The second-order valence-electron chi connectivity index (χ2n) is 7.66. The van der Waals surface area contributed by atoms with Gasteiger partial charge < -0.3 is 24.7 Å². The number of esters is 1. The molecular weight excluding hydrogens is 394 g/mol. The molecule has 0 bridgehead atoms. The molecule has 0 radical (unpaired) electrons. The molecule has 0 aliphatic carbocycles. The van der Waals surface area contributed by atoms with Crippen molar-refractivity contribution in [1.82, 2.24) is 4.98 Å². The van der Waals surface area contributed by atoms with Gasteiger partial charge in [0.15, 0.2) is 6.54 Å². The summed E-state index contributed by atoms with van der Waals surface area (Å²) in [6.45, 7) is 6.49. The van der Waals surface area contributed by atoms with Gasteiger partial charge >= 0.3 is 5.97 Å². The van der Waals surface area contributed by atoms with E-state index in [0.717, 1.165) is 30.4 Å². The van der Waals surface area contributed by atoms with E-state index >= 15 is 0 Å². The maximum Gasteiger partial charge on any atom is 0.356 e. The van der Waals surface area contributed by atoms with Crippen molar-refractivity contribution in [2.45, 2.75) is 26.8 Å². The van der Waals surface area contributed by atoms with Gasteiger partial charge in [-0.05, 0) is 37.6 Å². The summed E-state index contributed by atoms with van der Waals surface area (Å²) in [6, 6.07) is 13.9. The lowest BCUT2D eigenvalue weighted by molar-refractivity contribution is -0.907. The maximum absolute atomic E-state index is 12.9. The van der Waals surface area contributed by atoms with E-state index < -0.39 is 5.97 Å². The van der Waals surface area contributed by atoms with Crippen LogP contribution in [0.25, 0.3) is 10.9 Å². The van der Waals surface area contributed by atoms with E-state index in [2.05, 4.69) is 28.5 Å². The summed E-state index contributed by atoms with van der Waals surface area (Å²) in [5.41, 5.74) is 4.07. The first-order valence-electron chi connectivity index (χ1n) is 10.7. The van der Waals surface area contributed by atoms with Crippen LogP contribution in [0.3, 0.4) is 0 Å². The minimum absolute atomic E-state index is 0.136. The number of ether oxygens (including phenoxy) is 2. The summed E-state index contributed by atoms with van der Waals surface area (Å²) in [7, 11) is 0. The number of aromatic amines is 1. The molecule has 1 unspecified atom stereocenters. The van der Waals surface area contributed by atoms with E-state index in [9.17, 15) is 9.59 Å². The van der Waals surface area contributed by atoms with Crippen LogP contribution in [-0.2, 0) is 22.5 Å². The molecule has 0 spiro atoms. The molecule has 2 heterocycles. The summed E-state index contributed by atoms with van der Waals surface area (Å²) in [6.07, 6.45) is 0.956. The summed E-state index contributed by atoms with van der Waals surface area (Å²) in [4.78, 5) is 29.7. The molecule has 1 aliphatic rings. The monoisotopic (exact) mass is 422 g/mol. The molecule has 1 aliphatic heterocycles. The topological polar surface area (TPSA) is 84.9 Å². The van der Waals surface area contributed by atoms with Crippen LogP contribution < -0.4 is 15.0 Å². The van der Waals surface area contributed by atoms with Gasteiger partial charge in [-0.3, -0.25) is 4.79 Å². The van der Waals surface area contributed by atoms with Crippen LogP contribution in [-0.4, -0.2) is 43.2 Å². The van der Waals surface area contributed by atoms with E-state index in [0.29, 0.717) is 24.6 Å². The number of rotatable bonds is 7. The van der Waals surface area contributed by atoms with E-state index in [1.54, 1.807) is 6.92 Å². The number of aromatic nitrogens is 1. The first kappa shape index (κ1) is 20.9. The molecule has 1 amide bonds. The van der Waals surface area contributed by atoms with Crippen molar-refractivity contribution in [2.24, 2.45) is 0 Å². The molecular formula is C24H28N3O4+. The van der Waals surface area contributed by atoms with Gasteiger partial charge in [-0.15, -0.1) is 0 Å². The van der Waals surface area contributed by atoms with Crippen molar-refractivity contribution < 1.29 is 24.0 Å². The van der Waals surface area contributed by atoms with Gasteiger partial charge in [0.05, 0.1) is 25.4 Å². The Hall–Kier alpha value is -3.32. The van der Waals surface area contributed by atoms with E-state index in [1.807, 2.05) is 31.2 Å². The molecule has 31 heavy (non-hydrogen) atoms. The van der Waals surface area contributed by atoms with Gasteiger partial charge in [0, 0.05) is 22.9 Å². The van der Waals surface area contributed by atoms with Crippen molar-refractivity contribution in [3.63, 3.8) is 0 Å². The van der Waals surface area contributed by atoms with E-state index in [4.69, 9.17) is 9.47 Å². The van der Waals surface area contributed by atoms with Crippen LogP contribution in [0.15, 0.2) is 42.5 Å². The number of benzene rings is 2. The average Bonchev–Trinajstić information content (AvgIpc) is 3.12. The molecule has 0 saturated carbocycles. The molecule has 1 atom stereocenters. The van der Waals surface area contributed by atoms with Gasteiger partial charge in [0.25, 0.3) is 5.91 Å². The predicted octanol–water partition coefficient (Wildman–Crippen LogP) is 2.32. The van der Waals surface area contributed by atoms with Crippen molar-refractivity contribution in [2.75, 3.05) is 31.6 Å². The number of amides is 1. The third-order valence-electron chi connectivity index (χ3n) is 5.54. The van der Waals surface area contributed by atoms with Crippen molar-refractivity contribution in [1.29, 1.82) is 0 Å². The number of fused-ring (bicyclic) bond motifs is 2. The van der Waals surface area contributed by atoms with Crippen molar-refractivity contribution in [3.05, 3.63) is 59.3 Å². The number of hydrogen-bond acceptors (Lipinski definition) is 4. The summed E-state index contributed by atoms with van der Waals surface area (Å²) >= 11 is 0. The molecule has 0 fully saturated rings. The third-order valence-corrected chi connectivity index (χ3v) is 5.54. The number of nitrogens with one attached hydrogen (secondary N) is 3. The molecule has 0 saturated heterocycles. The van der Waals surface area contributed by atoms with Crippen LogP contribution in [0.2, 0.25) is 0 Å². The van der Waals surface area contributed by atoms with E-state index in [-0.39, 0.29) is 18.2 Å². The van der Waals surface area contributed by atoms with Gasteiger partial charge in [-0.2, -0.15) is 0 Å². The Morgan fingerprint density at radius 1 is 1.10 bits per heavy atom. The second-order valence-corrected chi connectivity index (χ2v) is 7.66. The van der Waals surface area contributed by atoms with Crippen LogP contribution >= 0.6 is 0 Å². The normalized spacial score (nSPS) is 15.4. The molecule has 7 nitrogen and oxygen atoms in total. The molecule has 7 heteroatoms. The molecule has 3 N–H and O–H groups in total. The van der Waals surface area contributed by atoms with Crippen LogP contribution in [0.1, 0.15) is 35.5 Å². The van der Waals surface area contributed by atoms with Gasteiger partial charge in [0.1, 0.15) is 18.0 Å². The Morgan fingerprint density at radius 2 is 1.90 bits per heavy atom. The number of carbonyl (C=O) groups excluding carboxylic acids is 2. The smallest absolute Gasteiger partial charge is 0.356 e. The Morgan fingerprint density at radius 3 is 2.68 bits per heavy atom. The Bertz CT molecular complexity index is 1110. The van der Waals surface area contributed by atoms with Crippen molar-refractivity contribution >= 4 is 28.5 Å². The van der Waals surface area contributed by atoms with Crippen LogP contribution in [0.5, 0.6) is 5.75 Å². The second kappa shape index (κ2) is 9.22. The minimum Gasteiger partial charge on any atom is -0.494 e. The Labute approximate surface area is 181 Å². The highest BCUT2D eigenvalue weighted by Crippen LogP contribution is 2.31. The molecule has 4 rings (SSSR count). The van der Waals surface area contributed by atoms with E-state index in [1.165, 1.54) is 16.0 Å². The number of carbonyl (C=O) groups is 2. The van der Waals surface area contributed by atoms with Crippen molar-refractivity contribution in [3.8, 4) is 5.75 Å². The van der Waals surface area contributed by atoms with Gasteiger partial charge in [0.2, 0.25) is 0 Å². The number of quaternary nitrogens is 1. The molecule has 2 aromatic carbocycles. The lowest BCUT2D eigenvalue weighted by Gasteiger charge is -2.25. The van der Waals surface area contributed by atoms with Gasteiger partial charge in [-0.25, -0.2) is 4.79 Å². The Kier molecular flexibility index (Phi) is 6.23. The molecule has 3 aromatic rings. The number of anilines is 1. The highest BCUT2D eigenvalue weighted by molar-refractivity contribution is 6.11. The first-order valence-corrected chi connectivity index (χ1v) is 10.7. The SMILES string of the molecule is CCOC(=O)c1[nH]c2ccc(OCC)cc2c1NC(=O)C[NH+]1CCc2ccccc2C1. The zero-order valence-electron chi connectivity index (χ0n) is 17.9. The lowest BCUT2D eigenvalue weighted by Crippen LogP contribution is -3.12. The molecule has 162 valence electrons. The zero-order chi connectivity index (χ0) is 21.8. The number of H-pyrrole nitrogens is 1. The fourth-order valence-corrected chi connectivity index (χ4v) is 4.12.